The maximum Gasteiger partial charge on any atom is 0.255 e. The van der Waals surface area contributed by atoms with Gasteiger partial charge in [-0.15, -0.1) is 0 Å². The lowest BCUT2D eigenvalue weighted by molar-refractivity contribution is 0.102. The predicted octanol–water partition coefficient (Wildman–Crippen LogP) is 4.10. The van der Waals surface area contributed by atoms with E-state index in [1.54, 1.807) is 35.1 Å². The van der Waals surface area contributed by atoms with Crippen LogP contribution in [0.5, 0.6) is 5.75 Å². The normalized spacial score (nSPS) is 10.5. The molecule has 1 heterocycles. The molecule has 3 aromatic rings. The van der Waals surface area contributed by atoms with Crippen molar-refractivity contribution in [1.29, 1.82) is 0 Å². The van der Waals surface area contributed by atoms with Crippen molar-refractivity contribution in [2.24, 2.45) is 0 Å². The average Bonchev–Trinajstić information content (AvgIpc) is 3.12. The van der Waals surface area contributed by atoms with Crippen LogP contribution in [-0.2, 0) is 0 Å². The fourth-order valence-electron chi connectivity index (χ4n) is 2.31. The van der Waals surface area contributed by atoms with Crippen LogP contribution in [0.2, 0.25) is 5.02 Å². The van der Waals surface area contributed by atoms with Gasteiger partial charge in [-0.05, 0) is 48.9 Å². The lowest BCUT2D eigenvalue weighted by Crippen LogP contribution is -2.13. The molecule has 0 aliphatic heterocycles. The number of aromatic nitrogens is 2. The highest BCUT2D eigenvalue weighted by Crippen LogP contribution is 2.31. The Bertz CT molecular complexity index is 859. The minimum Gasteiger partial charge on any atom is -0.495 e. The van der Waals surface area contributed by atoms with E-state index in [4.69, 9.17) is 16.3 Å². The first-order chi connectivity index (χ1) is 11.6. The molecule has 0 bridgehead atoms. The smallest absolute Gasteiger partial charge is 0.255 e. The van der Waals surface area contributed by atoms with Crippen LogP contribution in [0.4, 0.5) is 5.69 Å². The minimum absolute atomic E-state index is 0.220. The van der Waals surface area contributed by atoms with E-state index >= 15 is 0 Å². The molecule has 0 fully saturated rings. The molecule has 3 rings (SSSR count). The summed E-state index contributed by atoms with van der Waals surface area (Å²) in [5.41, 5.74) is 2.87. The van der Waals surface area contributed by atoms with Crippen LogP contribution >= 0.6 is 11.6 Å². The summed E-state index contributed by atoms with van der Waals surface area (Å²) in [6.07, 6.45) is 3.55. The lowest BCUT2D eigenvalue weighted by Gasteiger charge is -2.12. The number of hydrogen-bond acceptors (Lipinski definition) is 3. The fourth-order valence-corrected chi connectivity index (χ4v) is 2.47. The van der Waals surface area contributed by atoms with Crippen LogP contribution < -0.4 is 10.1 Å². The van der Waals surface area contributed by atoms with Gasteiger partial charge in [0.2, 0.25) is 0 Å². The summed E-state index contributed by atoms with van der Waals surface area (Å²) in [4.78, 5) is 12.5. The van der Waals surface area contributed by atoms with Gasteiger partial charge in [-0.2, -0.15) is 5.10 Å². The molecule has 1 amide bonds. The standard InChI is InChI=1S/C18H16ClN3O2/c1-12-10-16(17(24-2)11-15(12)19)21-18(23)13-4-6-14(7-5-13)22-9-3-8-20-22/h3-11H,1-2H3,(H,21,23). The molecule has 0 saturated heterocycles. The first-order valence-corrected chi connectivity index (χ1v) is 7.72. The molecular weight excluding hydrogens is 326 g/mol. The Morgan fingerprint density at radius 1 is 1.25 bits per heavy atom. The molecule has 0 saturated carbocycles. The SMILES string of the molecule is COc1cc(Cl)c(C)cc1NC(=O)c1ccc(-n2cccn2)cc1. The van der Waals surface area contributed by atoms with E-state index in [9.17, 15) is 4.79 Å². The van der Waals surface area contributed by atoms with Crippen LogP contribution in [0.3, 0.4) is 0 Å². The second-order valence-electron chi connectivity index (χ2n) is 5.25. The van der Waals surface area contributed by atoms with Crippen molar-refractivity contribution in [3.63, 3.8) is 0 Å². The molecule has 1 aromatic heterocycles. The number of carbonyl (C=O) groups excluding carboxylic acids is 1. The van der Waals surface area contributed by atoms with Gasteiger partial charge in [0, 0.05) is 29.0 Å². The maximum absolute atomic E-state index is 12.5. The number of anilines is 1. The van der Waals surface area contributed by atoms with Crippen molar-refractivity contribution < 1.29 is 9.53 Å². The maximum atomic E-state index is 12.5. The number of ether oxygens (including phenoxy) is 1. The lowest BCUT2D eigenvalue weighted by atomic mass is 10.1. The summed E-state index contributed by atoms with van der Waals surface area (Å²) >= 11 is 6.08. The van der Waals surface area contributed by atoms with Gasteiger partial charge in [-0.3, -0.25) is 4.79 Å². The molecule has 24 heavy (non-hydrogen) atoms. The number of nitrogens with zero attached hydrogens (tertiary/aromatic N) is 2. The highest BCUT2D eigenvalue weighted by Gasteiger charge is 2.12. The van der Waals surface area contributed by atoms with Gasteiger partial charge in [0.15, 0.2) is 0 Å². The van der Waals surface area contributed by atoms with Crippen LogP contribution in [0.1, 0.15) is 15.9 Å². The molecule has 0 aliphatic carbocycles. The summed E-state index contributed by atoms with van der Waals surface area (Å²) in [6.45, 7) is 1.87. The van der Waals surface area contributed by atoms with Gasteiger partial charge >= 0.3 is 0 Å². The Morgan fingerprint density at radius 2 is 2.00 bits per heavy atom. The zero-order valence-electron chi connectivity index (χ0n) is 13.3. The van der Waals surface area contributed by atoms with Crippen molar-refractivity contribution in [3.05, 3.63) is 71.0 Å². The number of nitrogens with one attached hydrogen (secondary N) is 1. The fraction of sp³-hybridized carbons (Fsp3) is 0.111. The van der Waals surface area contributed by atoms with Crippen molar-refractivity contribution >= 4 is 23.2 Å². The third kappa shape index (κ3) is 3.26. The van der Waals surface area contributed by atoms with Gasteiger partial charge in [-0.1, -0.05) is 11.6 Å². The zero-order valence-corrected chi connectivity index (χ0v) is 14.0. The number of benzene rings is 2. The highest BCUT2D eigenvalue weighted by atomic mass is 35.5. The van der Waals surface area contributed by atoms with E-state index < -0.39 is 0 Å². The molecule has 0 unspecified atom stereocenters. The molecule has 0 aliphatic rings. The molecule has 2 aromatic carbocycles. The van der Waals surface area contributed by atoms with Crippen molar-refractivity contribution in [2.75, 3.05) is 12.4 Å². The largest absolute Gasteiger partial charge is 0.495 e. The van der Waals surface area contributed by atoms with Gasteiger partial charge < -0.3 is 10.1 Å². The highest BCUT2D eigenvalue weighted by molar-refractivity contribution is 6.31. The van der Waals surface area contributed by atoms with E-state index in [1.165, 1.54) is 7.11 Å². The summed E-state index contributed by atoms with van der Waals surface area (Å²) in [7, 11) is 1.54. The van der Waals surface area contributed by atoms with Gasteiger partial charge in [0.25, 0.3) is 5.91 Å². The topological polar surface area (TPSA) is 56.1 Å². The van der Waals surface area contributed by atoms with Crippen LogP contribution in [0.15, 0.2) is 54.9 Å². The molecule has 122 valence electrons. The molecule has 0 spiro atoms. The van der Waals surface area contributed by atoms with Crippen molar-refractivity contribution in [3.8, 4) is 11.4 Å². The zero-order chi connectivity index (χ0) is 17.1. The first-order valence-electron chi connectivity index (χ1n) is 7.34. The minimum atomic E-state index is -0.220. The van der Waals surface area contributed by atoms with E-state index in [-0.39, 0.29) is 5.91 Å². The Hall–Kier alpha value is -2.79. The quantitative estimate of drug-likeness (QED) is 0.777. The summed E-state index contributed by atoms with van der Waals surface area (Å²) in [5.74, 6) is 0.300. The molecule has 6 heteroatoms. The van der Waals surface area contributed by atoms with E-state index in [0.29, 0.717) is 22.0 Å². The van der Waals surface area contributed by atoms with E-state index in [0.717, 1.165) is 11.3 Å². The Morgan fingerprint density at radius 3 is 2.62 bits per heavy atom. The third-order valence-corrected chi connectivity index (χ3v) is 4.03. The second kappa shape index (κ2) is 6.76. The van der Waals surface area contributed by atoms with Crippen LogP contribution in [0, 0.1) is 6.92 Å². The monoisotopic (exact) mass is 341 g/mol. The molecule has 0 atom stereocenters. The van der Waals surface area contributed by atoms with Crippen molar-refractivity contribution in [2.45, 2.75) is 6.92 Å². The number of carbonyl (C=O) groups is 1. The van der Waals surface area contributed by atoms with Gasteiger partial charge in [-0.25, -0.2) is 4.68 Å². The average molecular weight is 342 g/mol. The number of hydrogen-bond donors (Lipinski definition) is 1. The Balaban J connectivity index is 1.81. The van der Waals surface area contributed by atoms with Gasteiger partial charge in [0.1, 0.15) is 5.75 Å². The Kier molecular flexibility index (Phi) is 4.53. The number of rotatable bonds is 4. The molecule has 5 nitrogen and oxygen atoms in total. The predicted molar refractivity (Wildman–Crippen MR) is 94.3 cm³/mol. The van der Waals surface area contributed by atoms with Crippen LogP contribution in [-0.4, -0.2) is 22.8 Å². The molecular formula is C18H16ClN3O2. The summed E-state index contributed by atoms with van der Waals surface area (Å²) in [5, 5.41) is 7.60. The number of halogens is 1. The summed E-state index contributed by atoms with van der Waals surface area (Å²) < 4.78 is 7.00. The Labute approximate surface area is 144 Å². The van der Waals surface area contributed by atoms with E-state index in [1.807, 2.05) is 31.3 Å². The van der Waals surface area contributed by atoms with Crippen molar-refractivity contribution in [1.82, 2.24) is 9.78 Å². The van der Waals surface area contributed by atoms with E-state index in [2.05, 4.69) is 10.4 Å². The first kappa shape index (κ1) is 16.1. The van der Waals surface area contributed by atoms with Gasteiger partial charge in [0.05, 0.1) is 18.5 Å². The number of aryl methyl sites for hydroxylation is 1. The molecule has 1 N–H and O–H groups in total. The van der Waals surface area contributed by atoms with Crippen LogP contribution in [0.25, 0.3) is 5.69 Å². The third-order valence-electron chi connectivity index (χ3n) is 3.63. The number of methoxy groups -OCH3 is 1. The second-order valence-corrected chi connectivity index (χ2v) is 5.66. The summed E-state index contributed by atoms with van der Waals surface area (Å²) in [6, 6.07) is 12.5. The molecule has 0 radical (unpaired) electrons. The number of amides is 1.